The number of nitrogens with two attached hydrogens (primary N) is 1. The van der Waals surface area contributed by atoms with Crippen molar-refractivity contribution in [2.75, 3.05) is 6.61 Å². The molecule has 0 aliphatic rings. The summed E-state index contributed by atoms with van der Waals surface area (Å²) in [6.07, 6.45) is 4.17. The summed E-state index contributed by atoms with van der Waals surface area (Å²) in [5.74, 6) is 1.27. The molecule has 0 aliphatic heterocycles. The number of aromatic nitrogens is 1. The van der Waals surface area contributed by atoms with Crippen molar-refractivity contribution in [3.8, 4) is 5.88 Å². The highest BCUT2D eigenvalue weighted by Crippen LogP contribution is 2.14. The van der Waals surface area contributed by atoms with Crippen molar-refractivity contribution < 1.29 is 4.74 Å². The van der Waals surface area contributed by atoms with E-state index in [0.29, 0.717) is 11.8 Å². The Kier molecular flexibility index (Phi) is 5.26. The van der Waals surface area contributed by atoms with E-state index in [-0.39, 0.29) is 6.04 Å². The first-order valence-corrected chi connectivity index (χ1v) is 5.97. The van der Waals surface area contributed by atoms with Crippen LogP contribution in [0.15, 0.2) is 18.3 Å². The number of ether oxygens (including phenoxy) is 1. The molecule has 1 rings (SSSR count). The van der Waals surface area contributed by atoms with Crippen molar-refractivity contribution in [2.24, 2.45) is 11.7 Å². The van der Waals surface area contributed by atoms with Crippen molar-refractivity contribution in [3.05, 3.63) is 23.9 Å². The van der Waals surface area contributed by atoms with Crippen LogP contribution in [0, 0.1) is 5.92 Å². The zero-order valence-electron chi connectivity index (χ0n) is 10.4. The van der Waals surface area contributed by atoms with Gasteiger partial charge in [0.1, 0.15) is 0 Å². The average Bonchev–Trinajstić information content (AvgIpc) is 2.27. The predicted molar refractivity (Wildman–Crippen MR) is 66.4 cm³/mol. The Labute approximate surface area is 98.0 Å². The lowest BCUT2D eigenvalue weighted by Crippen LogP contribution is -2.10. The Morgan fingerprint density at radius 2 is 2.12 bits per heavy atom. The normalized spacial score (nSPS) is 14.5. The van der Waals surface area contributed by atoms with Crippen molar-refractivity contribution in [1.29, 1.82) is 0 Å². The van der Waals surface area contributed by atoms with Gasteiger partial charge in [-0.2, -0.15) is 0 Å². The van der Waals surface area contributed by atoms with Crippen molar-refractivity contribution in [2.45, 2.75) is 39.7 Å². The van der Waals surface area contributed by atoms with Gasteiger partial charge in [-0.3, -0.25) is 0 Å². The van der Waals surface area contributed by atoms with Crippen molar-refractivity contribution >= 4 is 0 Å². The van der Waals surface area contributed by atoms with Gasteiger partial charge in [0.2, 0.25) is 5.88 Å². The lowest BCUT2D eigenvalue weighted by atomic mass is 10.1. The number of nitrogens with zero attached hydrogens (tertiary/aromatic N) is 1. The molecule has 0 fully saturated rings. The van der Waals surface area contributed by atoms with E-state index in [0.717, 1.165) is 12.2 Å². The van der Waals surface area contributed by atoms with Crippen LogP contribution in [0.4, 0.5) is 0 Å². The summed E-state index contributed by atoms with van der Waals surface area (Å²) >= 11 is 0. The van der Waals surface area contributed by atoms with Gasteiger partial charge in [-0.15, -0.1) is 0 Å². The predicted octanol–water partition coefficient (Wildman–Crippen LogP) is 2.92. The summed E-state index contributed by atoms with van der Waals surface area (Å²) in [6, 6.07) is 3.88. The molecule has 0 amide bonds. The number of pyridine rings is 1. The van der Waals surface area contributed by atoms with Gasteiger partial charge in [0.05, 0.1) is 6.61 Å². The second-order valence-electron chi connectivity index (χ2n) is 4.42. The van der Waals surface area contributed by atoms with E-state index >= 15 is 0 Å². The minimum absolute atomic E-state index is 0.0283. The van der Waals surface area contributed by atoms with E-state index in [9.17, 15) is 0 Å². The number of rotatable bonds is 6. The summed E-state index contributed by atoms with van der Waals surface area (Å²) < 4.78 is 5.60. The smallest absolute Gasteiger partial charge is 0.213 e. The Hall–Kier alpha value is -1.09. The van der Waals surface area contributed by atoms with E-state index < -0.39 is 0 Å². The van der Waals surface area contributed by atoms with Crippen LogP contribution in [-0.2, 0) is 0 Å². The first-order chi connectivity index (χ1) is 7.63. The second-order valence-corrected chi connectivity index (χ2v) is 4.42. The van der Waals surface area contributed by atoms with Crippen molar-refractivity contribution in [1.82, 2.24) is 4.98 Å². The summed E-state index contributed by atoms with van der Waals surface area (Å²) in [6.45, 7) is 7.06. The van der Waals surface area contributed by atoms with E-state index in [1.54, 1.807) is 6.20 Å². The summed E-state index contributed by atoms with van der Waals surface area (Å²) in [5, 5.41) is 0. The van der Waals surface area contributed by atoms with Crippen LogP contribution in [0.5, 0.6) is 5.88 Å². The highest BCUT2D eigenvalue weighted by molar-refractivity contribution is 5.19. The first-order valence-electron chi connectivity index (χ1n) is 5.97. The van der Waals surface area contributed by atoms with Gasteiger partial charge in [-0.05, 0) is 24.8 Å². The molecular weight excluding hydrogens is 200 g/mol. The minimum atomic E-state index is 0.0283. The Morgan fingerprint density at radius 1 is 1.38 bits per heavy atom. The van der Waals surface area contributed by atoms with Gasteiger partial charge in [0.15, 0.2) is 0 Å². The summed E-state index contributed by atoms with van der Waals surface area (Å²) in [7, 11) is 0. The third-order valence-electron chi connectivity index (χ3n) is 2.58. The summed E-state index contributed by atoms with van der Waals surface area (Å²) in [4.78, 5) is 4.23. The van der Waals surface area contributed by atoms with E-state index in [2.05, 4.69) is 18.8 Å². The van der Waals surface area contributed by atoms with Crippen LogP contribution in [0.2, 0.25) is 0 Å². The quantitative estimate of drug-likeness (QED) is 0.805. The molecule has 3 heteroatoms. The molecule has 0 saturated carbocycles. The van der Waals surface area contributed by atoms with Crippen LogP contribution in [-0.4, -0.2) is 11.6 Å². The molecule has 0 bridgehead atoms. The third kappa shape index (κ3) is 4.19. The van der Waals surface area contributed by atoms with Gasteiger partial charge < -0.3 is 10.5 Å². The Balaban J connectivity index is 2.43. The number of hydrogen-bond donors (Lipinski definition) is 1. The van der Waals surface area contributed by atoms with Crippen LogP contribution in [0.1, 0.15) is 45.2 Å². The minimum Gasteiger partial charge on any atom is -0.477 e. The van der Waals surface area contributed by atoms with Gasteiger partial charge >= 0.3 is 0 Å². The zero-order valence-corrected chi connectivity index (χ0v) is 10.4. The Bertz CT molecular complexity index is 295. The topological polar surface area (TPSA) is 48.1 Å². The largest absolute Gasteiger partial charge is 0.477 e. The van der Waals surface area contributed by atoms with Crippen LogP contribution in [0.3, 0.4) is 0 Å². The maximum atomic E-state index is 5.74. The monoisotopic (exact) mass is 222 g/mol. The molecule has 1 heterocycles. The molecule has 0 aromatic carbocycles. The van der Waals surface area contributed by atoms with Crippen molar-refractivity contribution in [3.63, 3.8) is 0 Å². The van der Waals surface area contributed by atoms with Crippen LogP contribution < -0.4 is 10.5 Å². The molecule has 0 aliphatic carbocycles. The number of hydrogen-bond acceptors (Lipinski definition) is 3. The first kappa shape index (κ1) is 13.0. The highest BCUT2D eigenvalue weighted by Gasteiger charge is 2.04. The molecule has 2 atom stereocenters. The molecule has 90 valence electrons. The summed E-state index contributed by atoms with van der Waals surface area (Å²) in [5.41, 5.74) is 6.78. The molecule has 1 aromatic heterocycles. The lowest BCUT2D eigenvalue weighted by Gasteiger charge is -2.12. The molecule has 2 N–H and O–H groups in total. The molecule has 3 nitrogen and oxygen atoms in total. The third-order valence-corrected chi connectivity index (χ3v) is 2.58. The zero-order chi connectivity index (χ0) is 12.0. The fourth-order valence-electron chi connectivity index (χ4n) is 1.55. The maximum Gasteiger partial charge on any atom is 0.213 e. The second kappa shape index (κ2) is 6.48. The fraction of sp³-hybridized carbons (Fsp3) is 0.615. The molecule has 16 heavy (non-hydrogen) atoms. The molecule has 0 spiro atoms. The van der Waals surface area contributed by atoms with Gasteiger partial charge in [0, 0.05) is 18.3 Å². The lowest BCUT2D eigenvalue weighted by molar-refractivity contribution is 0.243. The van der Waals surface area contributed by atoms with Gasteiger partial charge in [-0.1, -0.05) is 26.3 Å². The van der Waals surface area contributed by atoms with Gasteiger partial charge in [0.25, 0.3) is 0 Å². The van der Waals surface area contributed by atoms with E-state index in [1.807, 2.05) is 19.1 Å². The van der Waals surface area contributed by atoms with E-state index in [1.165, 1.54) is 12.8 Å². The maximum absolute atomic E-state index is 5.74. The van der Waals surface area contributed by atoms with Crippen LogP contribution >= 0.6 is 0 Å². The molecule has 0 radical (unpaired) electrons. The molecule has 2 unspecified atom stereocenters. The average molecular weight is 222 g/mol. The molecular formula is C13H22N2O. The van der Waals surface area contributed by atoms with Crippen LogP contribution in [0.25, 0.3) is 0 Å². The molecule has 0 saturated heterocycles. The fourth-order valence-corrected chi connectivity index (χ4v) is 1.55. The SMILES string of the molecule is CCCC(C)COc1ccc(C(C)N)cn1. The highest BCUT2D eigenvalue weighted by atomic mass is 16.5. The standard InChI is InChI=1S/C13H22N2O/c1-4-5-10(2)9-16-13-7-6-12(8-15-13)11(3)14/h6-8,10-11H,4-5,9,14H2,1-3H3. The Morgan fingerprint density at radius 3 is 2.62 bits per heavy atom. The van der Waals surface area contributed by atoms with Gasteiger partial charge in [-0.25, -0.2) is 4.98 Å². The van der Waals surface area contributed by atoms with E-state index in [4.69, 9.17) is 10.5 Å². The molecule has 1 aromatic rings.